The van der Waals surface area contributed by atoms with E-state index in [-0.39, 0.29) is 5.56 Å². The Morgan fingerprint density at radius 2 is 1.55 bits per heavy atom. The molecule has 1 N–H and O–H groups in total. The Kier molecular flexibility index (Phi) is 4.76. The van der Waals surface area contributed by atoms with Gasteiger partial charge in [-0.2, -0.15) is 0 Å². The fraction of sp³-hybridized carbons (Fsp3) is 0.448. The third-order valence-corrected chi connectivity index (χ3v) is 8.73. The molecule has 0 spiro atoms. The molecule has 0 atom stereocenters. The van der Waals surface area contributed by atoms with Crippen LogP contribution in [-0.2, 0) is 5.41 Å². The molecular formula is C29H33N3O. The maximum Gasteiger partial charge on any atom is 0.280 e. The standard InChI is InChI=1S/C29H33N3O/c1-18-4-7-25(10-19(18)2)30-17-27-20(3)31-32(28(27)33)26-8-5-24(6-9-26)29-14-21-11-22(15-29)13-23(12-21)16-29/h4-10,17,21-23,31H,11-16H2,1-3H3. The molecule has 0 amide bonds. The van der Waals surface area contributed by atoms with Crippen molar-refractivity contribution < 1.29 is 0 Å². The van der Waals surface area contributed by atoms with Crippen molar-refractivity contribution in [3.05, 3.63) is 80.8 Å². The molecular weight excluding hydrogens is 406 g/mol. The van der Waals surface area contributed by atoms with Gasteiger partial charge in [0.05, 0.1) is 16.9 Å². The minimum atomic E-state index is -0.0531. The van der Waals surface area contributed by atoms with Gasteiger partial charge in [-0.05, 0) is 123 Å². The van der Waals surface area contributed by atoms with Crippen LogP contribution in [0.4, 0.5) is 5.69 Å². The molecule has 33 heavy (non-hydrogen) atoms. The molecule has 1 aromatic heterocycles. The van der Waals surface area contributed by atoms with Crippen LogP contribution in [0, 0.1) is 38.5 Å². The second-order valence-corrected chi connectivity index (χ2v) is 11.1. The molecule has 4 aliphatic carbocycles. The van der Waals surface area contributed by atoms with Crippen LogP contribution in [0.25, 0.3) is 5.69 Å². The van der Waals surface area contributed by atoms with Crippen LogP contribution in [0.3, 0.4) is 0 Å². The van der Waals surface area contributed by atoms with E-state index < -0.39 is 0 Å². The molecule has 0 aliphatic heterocycles. The molecule has 0 radical (unpaired) electrons. The van der Waals surface area contributed by atoms with Crippen LogP contribution in [-0.4, -0.2) is 16.0 Å². The van der Waals surface area contributed by atoms with Gasteiger partial charge in [-0.3, -0.25) is 14.9 Å². The number of aromatic nitrogens is 2. The monoisotopic (exact) mass is 439 g/mol. The molecule has 4 fully saturated rings. The normalized spacial score (nSPS) is 28.2. The van der Waals surface area contributed by atoms with Gasteiger partial charge in [-0.1, -0.05) is 18.2 Å². The Labute approximate surface area is 195 Å². The zero-order chi connectivity index (χ0) is 22.7. The molecule has 170 valence electrons. The number of nitrogens with one attached hydrogen (secondary N) is 1. The summed E-state index contributed by atoms with van der Waals surface area (Å²) in [4.78, 5) is 17.7. The van der Waals surface area contributed by atoms with Crippen molar-refractivity contribution in [1.82, 2.24) is 9.78 Å². The van der Waals surface area contributed by atoms with Crippen LogP contribution < -0.4 is 5.56 Å². The Morgan fingerprint density at radius 3 is 2.15 bits per heavy atom. The minimum Gasteiger partial charge on any atom is -0.295 e. The average molecular weight is 440 g/mol. The highest BCUT2D eigenvalue weighted by Gasteiger charge is 2.51. The van der Waals surface area contributed by atoms with E-state index in [1.54, 1.807) is 10.9 Å². The third kappa shape index (κ3) is 3.51. The van der Waals surface area contributed by atoms with Crippen molar-refractivity contribution in [3.8, 4) is 5.69 Å². The highest BCUT2D eigenvalue weighted by atomic mass is 16.1. The van der Waals surface area contributed by atoms with E-state index in [4.69, 9.17) is 0 Å². The quantitative estimate of drug-likeness (QED) is 0.476. The van der Waals surface area contributed by atoms with Crippen LogP contribution in [0.1, 0.15) is 66.5 Å². The van der Waals surface area contributed by atoms with E-state index >= 15 is 0 Å². The first-order valence-corrected chi connectivity index (χ1v) is 12.4. The SMILES string of the molecule is Cc1ccc(N=Cc2c(C)[nH]n(-c3ccc(C45CC6CC(CC(C6)C4)C5)cc3)c2=O)cc1C. The summed E-state index contributed by atoms with van der Waals surface area (Å²) in [6.45, 7) is 6.10. The fourth-order valence-corrected chi connectivity index (χ4v) is 7.27. The van der Waals surface area contributed by atoms with Crippen LogP contribution >= 0.6 is 0 Å². The number of H-pyrrole nitrogens is 1. The Bertz CT molecular complexity index is 1260. The predicted molar refractivity (Wildman–Crippen MR) is 134 cm³/mol. The number of rotatable bonds is 4. The lowest BCUT2D eigenvalue weighted by Crippen LogP contribution is -2.48. The van der Waals surface area contributed by atoms with Gasteiger partial charge in [0.2, 0.25) is 0 Å². The molecule has 0 unspecified atom stereocenters. The van der Waals surface area contributed by atoms with Crippen LogP contribution in [0.2, 0.25) is 0 Å². The number of benzene rings is 2. The first kappa shape index (κ1) is 20.7. The smallest absolute Gasteiger partial charge is 0.280 e. The van der Waals surface area contributed by atoms with E-state index in [2.05, 4.69) is 60.3 Å². The number of hydrogen-bond acceptors (Lipinski definition) is 2. The van der Waals surface area contributed by atoms with E-state index in [1.165, 1.54) is 55.2 Å². The molecule has 7 rings (SSSR count). The van der Waals surface area contributed by atoms with Crippen LogP contribution in [0.5, 0.6) is 0 Å². The molecule has 3 aromatic rings. The van der Waals surface area contributed by atoms with E-state index in [1.807, 2.05) is 13.0 Å². The molecule has 4 aliphatic rings. The summed E-state index contributed by atoms with van der Waals surface area (Å²) in [7, 11) is 0. The number of aryl methyl sites for hydroxylation is 3. The summed E-state index contributed by atoms with van der Waals surface area (Å²) in [6.07, 6.45) is 10.2. The predicted octanol–water partition coefficient (Wildman–Crippen LogP) is 6.31. The van der Waals surface area contributed by atoms with E-state index in [0.29, 0.717) is 11.0 Å². The van der Waals surface area contributed by atoms with Crippen molar-refractivity contribution in [2.24, 2.45) is 22.7 Å². The Balaban J connectivity index is 1.28. The second-order valence-electron chi connectivity index (χ2n) is 11.1. The second kappa shape index (κ2) is 7.58. The summed E-state index contributed by atoms with van der Waals surface area (Å²) in [5.74, 6) is 2.80. The van der Waals surface area contributed by atoms with E-state index in [0.717, 1.165) is 34.8 Å². The lowest BCUT2D eigenvalue weighted by molar-refractivity contribution is -0.00518. The average Bonchev–Trinajstić information content (AvgIpc) is 3.07. The van der Waals surface area contributed by atoms with Gasteiger partial charge < -0.3 is 0 Å². The molecule has 4 heteroatoms. The fourth-order valence-electron chi connectivity index (χ4n) is 7.27. The summed E-state index contributed by atoms with van der Waals surface area (Å²) in [5, 5.41) is 3.25. The van der Waals surface area contributed by atoms with Crippen molar-refractivity contribution >= 4 is 11.9 Å². The number of aliphatic imine (C=N–C) groups is 1. The Morgan fingerprint density at radius 1 is 0.909 bits per heavy atom. The molecule has 2 aromatic carbocycles. The van der Waals surface area contributed by atoms with E-state index in [9.17, 15) is 4.79 Å². The van der Waals surface area contributed by atoms with Gasteiger partial charge in [-0.15, -0.1) is 0 Å². The molecule has 4 nitrogen and oxygen atoms in total. The topological polar surface area (TPSA) is 50.1 Å². The zero-order valence-electron chi connectivity index (χ0n) is 19.9. The summed E-state index contributed by atoms with van der Waals surface area (Å²) >= 11 is 0. The molecule has 4 bridgehead atoms. The first-order chi connectivity index (χ1) is 15.9. The minimum absolute atomic E-state index is 0.0531. The third-order valence-electron chi connectivity index (χ3n) is 8.73. The lowest BCUT2D eigenvalue weighted by Gasteiger charge is -2.57. The lowest BCUT2D eigenvalue weighted by atomic mass is 9.48. The number of hydrogen-bond donors (Lipinski definition) is 1. The van der Waals surface area contributed by atoms with Gasteiger partial charge in [0, 0.05) is 11.9 Å². The highest BCUT2D eigenvalue weighted by molar-refractivity contribution is 5.83. The van der Waals surface area contributed by atoms with Crippen molar-refractivity contribution in [1.29, 1.82) is 0 Å². The van der Waals surface area contributed by atoms with Gasteiger partial charge >= 0.3 is 0 Å². The number of nitrogens with zero attached hydrogens (tertiary/aromatic N) is 2. The van der Waals surface area contributed by atoms with Gasteiger partial charge in [0.15, 0.2) is 0 Å². The van der Waals surface area contributed by atoms with Gasteiger partial charge in [0.1, 0.15) is 0 Å². The van der Waals surface area contributed by atoms with Crippen molar-refractivity contribution in [2.75, 3.05) is 0 Å². The summed E-state index contributed by atoms with van der Waals surface area (Å²) in [6, 6.07) is 14.9. The highest BCUT2D eigenvalue weighted by Crippen LogP contribution is 2.60. The molecule has 1 heterocycles. The summed E-state index contributed by atoms with van der Waals surface area (Å²) in [5.41, 5.74) is 7.45. The first-order valence-electron chi connectivity index (χ1n) is 12.4. The van der Waals surface area contributed by atoms with Gasteiger partial charge in [0.25, 0.3) is 5.56 Å². The van der Waals surface area contributed by atoms with Crippen molar-refractivity contribution in [3.63, 3.8) is 0 Å². The Hall–Kier alpha value is -2.88. The molecule has 0 saturated heterocycles. The zero-order valence-corrected chi connectivity index (χ0v) is 19.9. The van der Waals surface area contributed by atoms with Crippen LogP contribution in [0.15, 0.2) is 52.3 Å². The maximum absolute atomic E-state index is 13.2. The maximum atomic E-state index is 13.2. The van der Waals surface area contributed by atoms with Crippen molar-refractivity contribution in [2.45, 2.75) is 64.7 Å². The molecule has 4 saturated carbocycles. The summed E-state index contributed by atoms with van der Waals surface area (Å²) < 4.78 is 1.65. The number of aromatic amines is 1. The largest absolute Gasteiger partial charge is 0.295 e. The van der Waals surface area contributed by atoms with Gasteiger partial charge in [-0.25, -0.2) is 4.68 Å².